The summed E-state index contributed by atoms with van der Waals surface area (Å²) in [6.45, 7) is 2.51. The van der Waals surface area contributed by atoms with E-state index in [0.29, 0.717) is 0 Å². The number of rotatable bonds is 5. The summed E-state index contributed by atoms with van der Waals surface area (Å²) in [7, 11) is 0. The van der Waals surface area contributed by atoms with Gasteiger partial charge in [-0.25, -0.2) is 0 Å². The van der Waals surface area contributed by atoms with Crippen LogP contribution in [-0.4, -0.2) is 56.6 Å². The molecule has 4 atom stereocenters. The molecule has 12 heavy (non-hydrogen) atoms. The highest BCUT2D eigenvalue weighted by molar-refractivity contribution is 4.90. The maximum absolute atomic E-state index is 9.05. The molecule has 0 unspecified atom stereocenters. The van der Waals surface area contributed by atoms with Crippen LogP contribution in [0, 0.1) is 0 Å². The third-order valence-corrected chi connectivity index (χ3v) is 1.52. The lowest BCUT2D eigenvalue weighted by atomic mass is 10.0. The molecular weight excluding hydrogens is 164 g/mol. The first-order valence-electron chi connectivity index (χ1n) is 3.50. The predicted octanol–water partition coefficient (Wildman–Crippen LogP) is -2.39. The molecule has 0 aliphatic heterocycles. The third-order valence-electron chi connectivity index (χ3n) is 1.52. The molecule has 0 aromatic rings. The Labute approximate surface area is 70.2 Å². The standard InChI is InChI=1S/C7H14O5/c1-2-4(9)6(11)7(12)5(10)3-8/h2,4-12H,1,3H2/t4-,5+,6+,7+/m1/s1. The number of hydrogen-bond donors (Lipinski definition) is 5. The van der Waals surface area contributed by atoms with Gasteiger partial charge in [0.15, 0.2) is 0 Å². The average molecular weight is 178 g/mol. The molecular formula is C7H14O5. The minimum absolute atomic E-state index is 0.678. The largest absolute Gasteiger partial charge is 0.394 e. The van der Waals surface area contributed by atoms with Crippen molar-refractivity contribution >= 4 is 0 Å². The van der Waals surface area contributed by atoms with Crippen LogP contribution in [0.25, 0.3) is 0 Å². The summed E-state index contributed by atoms with van der Waals surface area (Å²) in [4.78, 5) is 0. The zero-order valence-corrected chi connectivity index (χ0v) is 6.54. The predicted molar refractivity (Wildman–Crippen MR) is 41.3 cm³/mol. The van der Waals surface area contributed by atoms with Crippen LogP contribution in [0.4, 0.5) is 0 Å². The molecule has 0 fully saturated rings. The van der Waals surface area contributed by atoms with Gasteiger partial charge < -0.3 is 25.5 Å². The van der Waals surface area contributed by atoms with Crippen molar-refractivity contribution in [3.05, 3.63) is 12.7 Å². The average Bonchev–Trinajstić information content (AvgIpc) is 2.12. The molecule has 5 heteroatoms. The quantitative estimate of drug-likeness (QED) is 0.302. The van der Waals surface area contributed by atoms with E-state index in [1.54, 1.807) is 0 Å². The van der Waals surface area contributed by atoms with Gasteiger partial charge in [0.25, 0.3) is 0 Å². The van der Waals surface area contributed by atoms with E-state index in [0.717, 1.165) is 6.08 Å². The summed E-state index contributed by atoms with van der Waals surface area (Å²) in [6.07, 6.45) is -4.87. The van der Waals surface area contributed by atoms with Gasteiger partial charge >= 0.3 is 0 Å². The van der Waals surface area contributed by atoms with Gasteiger partial charge in [0.1, 0.15) is 24.4 Å². The number of aliphatic hydroxyl groups excluding tert-OH is 5. The van der Waals surface area contributed by atoms with Crippen LogP contribution in [0.5, 0.6) is 0 Å². The van der Waals surface area contributed by atoms with Gasteiger partial charge in [-0.3, -0.25) is 0 Å². The highest BCUT2D eigenvalue weighted by Gasteiger charge is 2.28. The molecule has 0 saturated heterocycles. The smallest absolute Gasteiger partial charge is 0.112 e. The maximum Gasteiger partial charge on any atom is 0.112 e. The molecule has 0 bridgehead atoms. The second-order valence-corrected chi connectivity index (χ2v) is 2.46. The van der Waals surface area contributed by atoms with Crippen LogP contribution in [-0.2, 0) is 0 Å². The number of aliphatic hydroxyl groups is 5. The Morgan fingerprint density at radius 3 is 1.92 bits per heavy atom. The van der Waals surface area contributed by atoms with Crippen LogP contribution < -0.4 is 0 Å². The Morgan fingerprint density at radius 1 is 1.08 bits per heavy atom. The summed E-state index contributed by atoms with van der Waals surface area (Å²) in [5.41, 5.74) is 0. The van der Waals surface area contributed by atoms with Crippen molar-refractivity contribution in [3.63, 3.8) is 0 Å². The van der Waals surface area contributed by atoms with E-state index in [-0.39, 0.29) is 0 Å². The Balaban J connectivity index is 4.07. The van der Waals surface area contributed by atoms with Crippen LogP contribution in [0.15, 0.2) is 12.7 Å². The van der Waals surface area contributed by atoms with Gasteiger partial charge in [-0.05, 0) is 0 Å². The topological polar surface area (TPSA) is 101 Å². The molecule has 0 spiro atoms. The molecule has 0 radical (unpaired) electrons. The van der Waals surface area contributed by atoms with Crippen molar-refractivity contribution in [2.24, 2.45) is 0 Å². The first kappa shape index (κ1) is 11.5. The van der Waals surface area contributed by atoms with E-state index in [4.69, 9.17) is 25.5 Å². The van der Waals surface area contributed by atoms with Crippen LogP contribution in [0.2, 0.25) is 0 Å². The summed E-state index contributed by atoms with van der Waals surface area (Å²) < 4.78 is 0. The zero-order valence-electron chi connectivity index (χ0n) is 6.54. The molecule has 0 aromatic carbocycles. The fourth-order valence-corrected chi connectivity index (χ4v) is 0.677. The van der Waals surface area contributed by atoms with Crippen molar-refractivity contribution in [1.82, 2.24) is 0 Å². The van der Waals surface area contributed by atoms with Crippen molar-refractivity contribution in [2.75, 3.05) is 6.61 Å². The minimum atomic E-state index is -1.58. The number of hydrogen-bond acceptors (Lipinski definition) is 5. The van der Waals surface area contributed by atoms with Crippen LogP contribution in [0.1, 0.15) is 0 Å². The second kappa shape index (κ2) is 5.23. The first-order chi connectivity index (χ1) is 5.54. The monoisotopic (exact) mass is 178 g/mol. The lowest BCUT2D eigenvalue weighted by Crippen LogP contribution is -2.45. The minimum Gasteiger partial charge on any atom is -0.394 e. The van der Waals surface area contributed by atoms with Crippen molar-refractivity contribution in [1.29, 1.82) is 0 Å². The van der Waals surface area contributed by atoms with E-state index in [1.807, 2.05) is 0 Å². The van der Waals surface area contributed by atoms with E-state index in [9.17, 15) is 0 Å². The van der Waals surface area contributed by atoms with Gasteiger partial charge in [0.05, 0.1) is 6.61 Å². The molecule has 0 heterocycles. The third kappa shape index (κ3) is 2.88. The fourth-order valence-electron chi connectivity index (χ4n) is 0.677. The molecule has 0 saturated carbocycles. The van der Waals surface area contributed by atoms with Crippen molar-refractivity contribution in [2.45, 2.75) is 24.4 Å². The molecule has 5 N–H and O–H groups in total. The van der Waals surface area contributed by atoms with Crippen LogP contribution in [0.3, 0.4) is 0 Å². The van der Waals surface area contributed by atoms with E-state index >= 15 is 0 Å². The van der Waals surface area contributed by atoms with Crippen LogP contribution >= 0.6 is 0 Å². The summed E-state index contributed by atoms with van der Waals surface area (Å²) in [5, 5.41) is 44.2. The second-order valence-electron chi connectivity index (χ2n) is 2.46. The van der Waals surface area contributed by atoms with Gasteiger partial charge in [0, 0.05) is 0 Å². The first-order valence-corrected chi connectivity index (χ1v) is 3.50. The Morgan fingerprint density at radius 2 is 1.58 bits per heavy atom. The zero-order chi connectivity index (χ0) is 9.72. The summed E-state index contributed by atoms with van der Waals surface area (Å²) in [6, 6.07) is 0. The van der Waals surface area contributed by atoms with E-state index < -0.39 is 31.0 Å². The lowest BCUT2D eigenvalue weighted by molar-refractivity contribution is -0.104. The highest BCUT2D eigenvalue weighted by Crippen LogP contribution is 2.04. The maximum atomic E-state index is 9.05. The summed E-state index contributed by atoms with van der Waals surface area (Å²) in [5.74, 6) is 0. The SMILES string of the molecule is C=C[C@@H](O)[C@H](O)[C@@H](O)[C@@H](O)CO. The molecule has 0 aromatic heterocycles. The fraction of sp³-hybridized carbons (Fsp3) is 0.714. The van der Waals surface area contributed by atoms with Gasteiger partial charge in [-0.2, -0.15) is 0 Å². The van der Waals surface area contributed by atoms with E-state index in [1.165, 1.54) is 0 Å². The Bertz CT molecular complexity index is 138. The van der Waals surface area contributed by atoms with E-state index in [2.05, 4.69) is 6.58 Å². The van der Waals surface area contributed by atoms with Crippen molar-refractivity contribution < 1.29 is 25.5 Å². The molecule has 0 rings (SSSR count). The van der Waals surface area contributed by atoms with Crippen molar-refractivity contribution in [3.8, 4) is 0 Å². The molecule has 5 nitrogen and oxygen atoms in total. The molecule has 0 aliphatic carbocycles. The highest BCUT2D eigenvalue weighted by atomic mass is 16.4. The van der Waals surface area contributed by atoms with Gasteiger partial charge in [-0.1, -0.05) is 6.08 Å². The molecule has 0 aliphatic rings. The Kier molecular flexibility index (Phi) is 5.03. The van der Waals surface area contributed by atoms with Gasteiger partial charge in [0.2, 0.25) is 0 Å². The summed E-state index contributed by atoms with van der Waals surface area (Å²) >= 11 is 0. The van der Waals surface area contributed by atoms with Gasteiger partial charge in [-0.15, -0.1) is 6.58 Å². The normalized spacial score (nSPS) is 21.1. The molecule has 0 amide bonds. The lowest BCUT2D eigenvalue weighted by Gasteiger charge is -2.23. The molecule has 72 valence electrons. The Hall–Kier alpha value is -0.460.